The van der Waals surface area contributed by atoms with Crippen molar-refractivity contribution in [3.8, 4) is 0 Å². The molecule has 8 heteroatoms. The number of benzene rings is 1. The third-order valence-electron chi connectivity index (χ3n) is 7.16. The number of carbonyl (C=O) groups excluding carboxylic acids is 1. The van der Waals surface area contributed by atoms with Gasteiger partial charge in [-0.15, -0.1) is 0 Å². The van der Waals surface area contributed by atoms with E-state index in [-0.39, 0.29) is 23.5 Å². The molecule has 4 nitrogen and oxygen atoms in total. The molecule has 2 saturated carbocycles. The van der Waals surface area contributed by atoms with Gasteiger partial charge in [-0.25, -0.2) is 8.42 Å². The first kappa shape index (κ1) is 19.9. The van der Waals surface area contributed by atoms with Gasteiger partial charge < -0.3 is 4.74 Å². The molecule has 3 aliphatic rings. The van der Waals surface area contributed by atoms with Gasteiger partial charge in [-0.05, 0) is 73.1 Å². The molecule has 28 heavy (non-hydrogen) atoms. The lowest BCUT2D eigenvalue weighted by Gasteiger charge is -2.49. The van der Waals surface area contributed by atoms with Crippen molar-refractivity contribution in [3.05, 3.63) is 29.3 Å². The number of ketones is 1. The Hall–Kier alpha value is -1.41. The van der Waals surface area contributed by atoms with Crippen LogP contribution in [0.25, 0.3) is 0 Å². The minimum atomic E-state index is -5.34. The van der Waals surface area contributed by atoms with Crippen LogP contribution in [0.1, 0.15) is 49.1 Å². The van der Waals surface area contributed by atoms with Gasteiger partial charge in [0.15, 0.2) is 0 Å². The molecule has 4 rings (SSSR count). The average molecular weight is 416 g/mol. The molecule has 0 amide bonds. The molecule has 3 aliphatic carbocycles. The van der Waals surface area contributed by atoms with Gasteiger partial charge in [0.25, 0.3) is 9.84 Å². The van der Waals surface area contributed by atoms with Crippen LogP contribution in [0.15, 0.2) is 23.1 Å². The summed E-state index contributed by atoms with van der Waals surface area (Å²) in [7, 11) is -3.73. The van der Waals surface area contributed by atoms with E-state index in [0.29, 0.717) is 31.4 Å². The van der Waals surface area contributed by atoms with E-state index in [4.69, 9.17) is 4.74 Å². The molecule has 0 bridgehead atoms. The van der Waals surface area contributed by atoms with Crippen LogP contribution in [0.2, 0.25) is 0 Å². The van der Waals surface area contributed by atoms with Crippen molar-refractivity contribution in [2.45, 2.75) is 54.8 Å². The Kier molecular flexibility index (Phi) is 4.65. The zero-order valence-corrected chi connectivity index (χ0v) is 16.4. The fourth-order valence-electron chi connectivity index (χ4n) is 5.96. The van der Waals surface area contributed by atoms with Crippen molar-refractivity contribution in [3.63, 3.8) is 0 Å². The molecule has 1 aromatic carbocycles. The van der Waals surface area contributed by atoms with Crippen molar-refractivity contribution in [1.29, 1.82) is 0 Å². The zero-order valence-electron chi connectivity index (χ0n) is 15.6. The second kappa shape index (κ2) is 6.55. The van der Waals surface area contributed by atoms with Gasteiger partial charge in [0, 0.05) is 13.5 Å². The first-order chi connectivity index (χ1) is 13.1. The lowest BCUT2D eigenvalue weighted by atomic mass is 9.55. The number of methoxy groups -OCH3 is 1. The molecule has 0 unspecified atom stereocenters. The van der Waals surface area contributed by atoms with E-state index in [1.54, 1.807) is 13.2 Å². The number of Topliss-reactive ketones (excluding diaryl/α,β-unsaturated/α-hetero) is 1. The van der Waals surface area contributed by atoms with Crippen LogP contribution < -0.4 is 0 Å². The van der Waals surface area contributed by atoms with Crippen molar-refractivity contribution < 1.29 is 31.1 Å². The topological polar surface area (TPSA) is 60.4 Å². The second-order valence-electron chi connectivity index (χ2n) is 8.31. The fourth-order valence-corrected chi connectivity index (χ4v) is 6.78. The Labute approximate surface area is 162 Å². The summed E-state index contributed by atoms with van der Waals surface area (Å²) in [6.07, 6.45) is 4.18. The maximum absolute atomic E-state index is 12.9. The molecule has 1 aromatic rings. The van der Waals surface area contributed by atoms with Crippen LogP contribution >= 0.6 is 0 Å². The number of hydrogen-bond donors (Lipinski definition) is 0. The van der Waals surface area contributed by atoms with Crippen LogP contribution in [0, 0.1) is 17.3 Å². The molecule has 0 aromatic heterocycles. The first-order valence-corrected chi connectivity index (χ1v) is 11.1. The quantitative estimate of drug-likeness (QED) is 0.747. The van der Waals surface area contributed by atoms with Crippen LogP contribution in [0.3, 0.4) is 0 Å². The van der Waals surface area contributed by atoms with E-state index in [0.717, 1.165) is 30.9 Å². The maximum atomic E-state index is 12.9. The van der Waals surface area contributed by atoms with Gasteiger partial charge in [0.05, 0.1) is 16.9 Å². The van der Waals surface area contributed by atoms with Crippen LogP contribution in [0.5, 0.6) is 0 Å². The number of alkyl halides is 3. The van der Waals surface area contributed by atoms with Gasteiger partial charge in [-0.3, -0.25) is 4.79 Å². The predicted octanol–water partition coefficient (Wildman–Crippen LogP) is 4.03. The number of sulfone groups is 1. The molecular weight excluding hydrogens is 393 g/mol. The Morgan fingerprint density at radius 2 is 1.93 bits per heavy atom. The van der Waals surface area contributed by atoms with E-state index in [1.165, 1.54) is 6.07 Å². The highest BCUT2D eigenvalue weighted by molar-refractivity contribution is 7.92. The van der Waals surface area contributed by atoms with Gasteiger partial charge >= 0.3 is 5.51 Å². The summed E-state index contributed by atoms with van der Waals surface area (Å²) < 4.78 is 67.5. The van der Waals surface area contributed by atoms with E-state index >= 15 is 0 Å². The Morgan fingerprint density at radius 1 is 1.18 bits per heavy atom. The zero-order chi connectivity index (χ0) is 20.3. The van der Waals surface area contributed by atoms with Gasteiger partial charge in [-0.2, -0.15) is 13.2 Å². The molecule has 154 valence electrons. The monoisotopic (exact) mass is 416 g/mol. The lowest BCUT2D eigenvalue weighted by molar-refractivity contribution is -0.135. The van der Waals surface area contributed by atoms with Gasteiger partial charge in [0.1, 0.15) is 5.78 Å². The standard InChI is InChI=1S/C20H23F3O4S/c1-27-11-19-9-8-15-14-5-3-13(28(25,26)20(21,22)23)10-12(14)2-4-16(15)17(19)6-7-18(19)24/h3,5,10,15-17H,2,4,6-9,11H2,1H3/t15-,16-,17+,19-/m1/s1. The SMILES string of the molecule is COC[C@]12CC[C@@H]3c4ccc(S(=O)(=O)C(F)(F)F)cc4CC[C@H]3[C@@H]1CCC2=O. The minimum absolute atomic E-state index is 0.160. The van der Waals surface area contributed by atoms with Gasteiger partial charge in [0.2, 0.25) is 0 Å². The minimum Gasteiger partial charge on any atom is -0.384 e. The highest BCUT2D eigenvalue weighted by Crippen LogP contribution is 2.59. The summed E-state index contributed by atoms with van der Waals surface area (Å²) >= 11 is 0. The Balaban J connectivity index is 1.68. The predicted molar refractivity (Wildman–Crippen MR) is 95.5 cm³/mol. The van der Waals surface area contributed by atoms with Crippen LogP contribution in [0.4, 0.5) is 13.2 Å². The number of hydrogen-bond acceptors (Lipinski definition) is 4. The van der Waals surface area contributed by atoms with Crippen LogP contribution in [-0.4, -0.2) is 33.4 Å². The third-order valence-corrected chi connectivity index (χ3v) is 8.64. The van der Waals surface area contributed by atoms with E-state index in [9.17, 15) is 26.4 Å². The first-order valence-electron chi connectivity index (χ1n) is 9.58. The van der Waals surface area contributed by atoms with E-state index in [2.05, 4.69) is 0 Å². The smallest absolute Gasteiger partial charge is 0.384 e. The van der Waals surface area contributed by atoms with Gasteiger partial charge in [-0.1, -0.05) is 6.07 Å². The largest absolute Gasteiger partial charge is 0.501 e. The Morgan fingerprint density at radius 3 is 2.61 bits per heavy atom. The molecule has 0 N–H and O–H groups in total. The second-order valence-corrected chi connectivity index (χ2v) is 10.3. The van der Waals surface area contributed by atoms with Crippen molar-refractivity contribution in [1.82, 2.24) is 0 Å². The Bertz CT molecular complexity index is 909. The van der Waals surface area contributed by atoms with Crippen molar-refractivity contribution >= 4 is 15.6 Å². The molecule has 0 radical (unpaired) electrons. The van der Waals surface area contributed by atoms with Crippen molar-refractivity contribution in [2.24, 2.45) is 17.3 Å². The number of ether oxygens (including phenoxy) is 1. The number of halogens is 3. The normalized spacial score (nSPS) is 32.6. The molecule has 0 aliphatic heterocycles. The molecule has 0 spiro atoms. The van der Waals surface area contributed by atoms with E-state index in [1.807, 2.05) is 0 Å². The summed E-state index contributed by atoms with van der Waals surface area (Å²) in [6.45, 7) is 0.426. The fraction of sp³-hybridized carbons (Fsp3) is 0.650. The molecular formula is C20H23F3O4S. The molecule has 4 atom stereocenters. The average Bonchev–Trinajstić information content (AvgIpc) is 2.97. The van der Waals surface area contributed by atoms with Crippen LogP contribution in [-0.2, 0) is 25.8 Å². The lowest BCUT2D eigenvalue weighted by Crippen LogP contribution is -2.47. The summed E-state index contributed by atoms with van der Waals surface area (Å²) in [5.41, 5.74) is -4.09. The highest BCUT2D eigenvalue weighted by Gasteiger charge is 2.57. The summed E-state index contributed by atoms with van der Waals surface area (Å²) in [4.78, 5) is 12.0. The molecule has 0 heterocycles. The highest BCUT2D eigenvalue weighted by atomic mass is 32.2. The number of rotatable bonds is 3. The third kappa shape index (κ3) is 2.75. The summed E-state index contributed by atoms with van der Waals surface area (Å²) in [5, 5.41) is 0. The number of aryl methyl sites for hydroxylation is 1. The summed E-state index contributed by atoms with van der Waals surface area (Å²) in [5.74, 6) is 0.945. The molecule has 0 saturated heterocycles. The van der Waals surface area contributed by atoms with Crippen molar-refractivity contribution in [2.75, 3.05) is 13.7 Å². The molecule has 2 fully saturated rings. The summed E-state index contributed by atoms with van der Waals surface area (Å²) in [6, 6.07) is 3.84. The van der Waals surface area contributed by atoms with E-state index < -0.39 is 25.7 Å². The number of carbonyl (C=O) groups is 1. The maximum Gasteiger partial charge on any atom is 0.501 e. The number of fused-ring (bicyclic) bond motifs is 5.